The van der Waals surface area contributed by atoms with Gasteiger partial charge in [0.05, 0.1) is 25.3 Å². The zero-order valence-corrected chi connectivity index (χ0v) is 17.8. The fourth-order valence-electron chi connectivity index (χ4n) is 4.24. The average Bonchev–Trinajstić information content (AvgIpc) is 3.27. The molecule has 1 fully saturated rings. The Morgan fingerprint density at radius 3 is 2.71 bits per heavy atom. The second-order valence-corrected chi connectivity index (χ2v) is 7.68. The third kappa shape index (κ3) is 3.65. The van der Waals surface area contributed by atoms with Gasteiger partial charge in [-0.3, -0.25) is 9.59 Å². The Balaban J connectivity index is 1.86. The van der Waals surface area contributed by atoms with E-state index in [-0.39, 0.29) is 30.6 Å². The molecule has 0 aliphatic carbocycles. The van der Waals surface area contributed by atoms with E-state index < -0.39 is 17.7 Å². The molecular formula is C24H25NO6. The topological polar surface area (TPSA) is 85.3 Å². The Kier molecular flexibility index (Phi) is 5.69. The van der Waals surface area contributed by atoms with Crippen LogP contribution in [0, 0.1) is 0 Å². The van der Waals surface area contributed by atoms with E-state index in [1.807, 2.05) is 25.1 Å². The molecule has 4 rings (SSSR count). The second-order valence-electron chi connectivity index (χ2n) is 7.68. The maximum absolute atomic E-state index is 13.0. The maximum atomic E-state index is 13.0. The van der Waals surface area contributed by atoms with Crippen molar-refractivity contribution in [1.82, 2.24) is 4.90 Å². The number of benzene rings is 2. The quantitative estimate of drug-likeness (QED) is 0.437. The molecule has 7 heteroatoms. The maximum Gasteiger partial charge on any atom is 0.295 e. The van der Waals surface area contributed by atoms with Crippen molar-refractivity contribution in [1.29, 1.82) is 0 Å². The zero-order chi connectivity index (χ0) is 22.1. The smallest absolute Gasteiger partial charge is 0.295 e. The van der Waals surface area contributed by atoms with E-state index in [9.17, 15) is 14.7 Å². The van der Waals surface area contributed by atoms with Gasteiger partial charge in [-0.25, -0.2) is 0 Å². The van der Waals surface area contributed by atoms with Crippen LogP contribution in [0.4, 0.5) is 0 Å². The number of rotatable bonds is 6. The first-order chi connectivity index (χ1) is 15.0. The molecule has 2 aliphatic heterocycles. The molecule has 7 nitrogen and oxygen atoms in total. The summed E-state index contributed by atoms with van der Waals surface area (Å²) in [6, 6.07) is 11.7. The van der Waals surface area contributed by atoms with Gasteiger partial charge >= 0.3 is 0 Å². The van der Waals surface area contributed by atoms with E-state index >= 15 is 0 Å². The van der Waals surface area contributed by atoms with Crippen molar-refractivity contribution in [3.05, 3.63) is 64.7 Å². The Hall–Kier alpha value is -3.32. The molecule has 2 aliphatic rings. The largest absolute Gasteiger partial charge is 0.507 e. The number of amides is 1. The molecule has 0 aromatic heterocycles. The number of fused-ring (bicyclic) bond motifs is 1. The first kappa shape index (κ1) is 20.9. The number of aliphatic hydroxyl groups is 1. The van der Waals surface area contributed by atoms with E-state index in [0.717, 1.165) is 11.3 Å². The van der Waals surface area contributed by atoms with Crippen LogP contribution in [0.15, 0.2) is 48.0 Å². The van der Waals surface area contributed by atoms with E-state index in [1.54, 1.807) is 24.3 Å². The molecule has 2 atom stereocenters. The van der Waals surface area contributed by atoms with Crippen LogP contribution in [0.2, 0.25) is 0 Å². The molecule has 162 valence electrons. The minimum atomic E-state index is -0.783. The summed E-state index contributed by atoms with van der Waals surface area (Å²) in [6.45, 7) is 2.44. The van der Waals surface area contributed by atoms with Crippen molar-refractivity contribution in [2.24, 2.45) is 0 Å². The minimum Gasteiger partial charge on any atom is -0.507 e. The predicted molar refractivity (Wildman–Crippen MR) is 114 cm³/mol. The summed E-state index contributed by atoms with van der Waals surface area (Å²) in [6.07, 6.45) is 0.773. The number of hydrogen-bond acceptors (Lipinski definition) is 6. The van der Waals surface area contributed by atoms with Crippen molar-refractivity contribution < 1.29 is 28.9 Å². The van der Waals surface area contributed by atoms with Crippen molar-refractivity contribution in [3.63, 3.8) is 0 Å². The zero-order valence-electron chi connectivity index (χ0n) is 17.8. The molecule has 0 radical (unpaired) electrons. The SMILES string of the molecule is COCCN1C(=O)C(=O)/C(=C(/O)c2ccc3c(c2)CC(C)O3)C1c1ccccc1OC. The number of methoxy groups -OCH3 is 2. The Labute approximate surface area is 180 Å². The molecule has 2 unspecified atom stereocenters. The summed E-state index contributed by atoms with van der Waals surface area (Å²) in [7, 11) is 3.06. The number of likely N-dealkylation sites (tertiary alicyclic amines) is 1. The summed E-state index contributed by atoms with van der Waals surface area (Å²) in [4.78, 5) is 27.4. The third-order valence-electron chi connectivity index (χ3n) is 5.68. The number of carbonyl (C=O) groups excluding carboxylic acids is 2. The molecular weight excluding hydrogens is 398 g/mol. The van der Waals surface area contributed by atoms with Gasteiger partial charge in [-0.1, -0.05) is 18.2 Å². The summed E-state index contributed by atoms with van der Waals surface area (Å²) in [5.41, 5.74) is 2.09. The van der Waals surface area contributed by atoms with Gasteiger partial charge in [-0.15, -0.1) is 0 Å². The van der Waals surface area contributed by atoms with Gasteiger partial charge in [-0.05, 0) is 36.8 Å². The van der Waals surface area contributed by atoms with Gasteiger partial charge in [-0.2, -0.15) is 0 Å². The molecule has 0 saturated carbocycles. The Morgan fingerprint density at radius 1 is 1.19 bits per heavy atom. The van der Waals surface area contributed by atoms with Gasteiger partial charge in [0.1, 0.15) is 23.4 Å². The number of Topliss-reactive ketones (excluding diaryl/α,β-unsaturated/α-hetero) is 1. The minimum absolute atomic E-state index is 0.0394. The van der Waals surface area contributed by atoms with Crippen molar-refractivity contribution in [3.8, 4) is 11.5 Å². The lowest BCUT2D eigenvalue weighted by atomic mass is 9.94. The molecule has 2 heterocycles. The fourth-order valence-corrected chi connectivity index (χ4v) is 4.24. The molecule has 0 spiro atoms. The fraction of sp³-hybridized carbons (Fsp3) is 0.333. The molecule has 0 bridgehead atoms. The van der Waals surface area contributed by atoms with E-state index in [4.69, 9.17) is 14.2 Å². The first-order valence-corrected chi connectivity index (χ1v) is 10.2. The van der Waals surface area contributed by atoms with Crippen LogP contribution in [0.25, 0.3) is 5.76 Å². The number of nitrogens with zero attached hydrogens (tertiary/aromatic N) is 1. The number of ketones is 1. The van der Waals surface area contributed by atoms with Gasteiger partial charge in [0, 0.05) is 31.2 Å². The average molecular weight is 423 g/mol. The molecule has 2 aromatic carbocycles. The van der Waals surface area contributed by atoms with E-state index in [2.05, 4.69) is 0 Å². The number of para-hydroxylation sites is 1. The standard InChI is InChI=1S/C24H25NO6/c1-14-12-16-13-15(8-9-18(16)31-14)22(26)20-21(17-6-4-5-7-19(17)30-3)25(10-11-29-2)24(28)23(20)27/h4-9,13-14,21,26H,10-12H2,1-3H3/b22-20+. The molecule has 1 N–H and O–H groups in total. The number of ether oxygens (including phenoxy) is 3. The van der Waals surface area contributed by atoms with E-state index in [1.165, 1.54) is 19.1 Å². The van der Waals surface area contributed by atoms with Crippen LogP contribution in [-0.4, -0.2) is 55.2 Å². The first-order valence-electron chi connectivity index (χ1n) is 10.2. The number of aliphatic hydroxyl groups excluding tert-OH is 1. The highest BCUT2D eigenvalue weighted by Crippen LogP contribution is 2.43. The number of carbonyl (C=O) groups is 2. The van der Waals surface area contributed by atoms with Crippen molar-refractivity contribution in [2.75, 3.05) is 27.4 Å². The highest BCUT2D eigenvalue weighted by Gasteiger charge is 2.46. The highest BCUT2D eigenvalue weighted by atomic mass is 16.5. The molecule has 1 amide bonds. The van der Waals surface area contributed by atoms with E-state index in [0.29, 0.717) is 23.3 Å². The monoisotopic (exact) mass is 423 g/mol. The van der Waals surface area contributed by atoms with Crippen LogP contribution in [0.5, 0.6) is 11.5 Å². The lowest BCUT2D eigenvalue weighted by molar-refractivity contribution is -0.140. The van der Waals surface area contributed by atoms with Crippen molar-refractivity contribution in [2.45, 2.75) is 25.5 Å². The summed E-state index contributed by atoms with van der Waals surface area (Å²) in [5, 5.41) is 11.2. The summed E-state index contributed by atoms with van der Waals surface area (Å²) in [5.74, 6) is -0.316. The lowest BCUT2D eigenvalue weighted by Gasteiger charge is -2.26. The predicted octanol–water partition coefficient (Wildman–Crippen LogP) is 3.09. The normalized spacial score (nSPS) is 21.8. The Morgan fingerprint density at radius 2 is 1.97 bits per heavy atom. The Bertz CT molecular complexity index is 1060. The van der Waals surface area contributed by atoms with Gasteiger partial charge in [0.2, 0.25) is 0 Å². The van der Waals surface area contributed by atoms with Gasteiger partial charge in [0.15, 0.2) is 0 Å². The van der Waals surface area contributed by atoms with Crippen molar-refractivity contribution >= 4 is 17.4 Å². The molecule has 31 heavy (non-hydrogen) atoms. The van der Waals surface area contributed by atoms with Gasteiger partial charge < -0.3 is 24.2 Å². The molecule has 2 aromatic rings. The van der Waals surface area contributed by atoms with Crippen LogP contribution in [-0.2, 0) is 20.7 Å². The number of hydrogen-bond donors (Lipinski definition) is 1. The van der Waals surface area contributed by atoms with Crippen LogP contribution >= 0.6 is 0 Å². The van der Waals surface area contributed by atoms with Crippen LogP contribution in [0.3, 0.4) is 0 Å². The van der Waals surface area contributed by atoms with Crippen LogP contribution in [0.1, 0.15) is 29.7 Å². The van der Waals surface area contributed by atoms with Crippen LogP contribution < -0.4 is 9.47 Å². The summed E-state index contributed by atoms with van der Waals surface area (Å²) < 4.78 is 16.4. The molecule has 1 saturated heterocycles. The lowest BCUT2D eigenvalue weighted by Crippen LogP contribution is -2.32. The van der Waals surface area contributed by atoms with Gasteiger partial charge in [0.25, 0.3) is 11.7 Å². The summed E-state index contributed by atoms with van der Waals surface area (Å²) >= 11 is 0. The highest BCUT2D eigenvalue weighted by molar-refractivity contribution is 6.46. The third-order valence-corrected chi connectivity index (χ3v) is 5.68. The second kappa shape index (κ2) is 8.43.